The van der Waals surface area contributed by atoms with Crippen LogP contribution in [0.25, 0.3) is 0 Å². The van der Waals surface area contributed by atoms with E-state index in [1.807, 2.05) is 13.8 Å². The first kappa shape index (κ1) is 29.1. The molecular formula is C27H35BrFN3O4S. The molecule has 1 fully saturated rings. The molecule has 1 aliphatic carbocycles. The van der Waals surface area contributed by atoms with E-state index in [9.17, 15) is 22.4 Å². The molecule has 1 N–H and O–H groups in total. The number of hydrogen-bond donors (Lipinski definition) is 1. The summed E-state index contributed by atoms with van der Waals surface area (Å²) in [7, 11) is -3.81. The molecule has 0 unspecified atom stereocenters. The summed E-state index contributed by atoms with van der Waals surface area (Å²) in [6.07, 6.45) is 6.45. The maximum Gasteiger partial charge on any atom is 0.244 e. The van der Waals surface area contributed by atoms with Gasteiger partial charge in [-0.05, 0) is 67.6 Å². The average molecular weight is 597 g/mol. The molecule has 0 aromatic heterocycles. The normalized spacial score (nSPS) is 15.2. The lowest BCUT2D eigenvalue weighted by Gasteiger charge is -2.34. The van der Waals surface area contributed by atoms with Crippen LogP contribution in [-0.4, -0.2) is 50.0 Å². The Morgan fingerprint density at radius 1 is 1.11 bits per heavy atom. The maximum absolute atomic E-state index is 13.8. The molecule has 2 amide bonds. The zero-order valence-corrected chi connectivity index (χ0v) is 23.9. The van der Waals surface area contributed by atoms with Gasteiger partial charge in [0.25, 0.3) is 0 Å². The second-order valence-electron chi connectivity index (χ2n) is 9.62. The second-order valence-corrected chi connectivity index (χ2v) is 12.4. The first-order valence-electron chi connectivity index (χ1n) is 12.6. The number of sulfonamides is 1. The standard InChI is InChI=1S/C27H35BrFN3O4S/c1-4-25(27(34)30-22-8-6-5-7-9-22)31(17-20-10-12-21(29)13-11-20)26(33)18-32(37(3,35)36)23-14-15-24(28)19(2)16-23/h10-16,22,25H,4-9,17-18H2,1-3H3,(H,30,34)/t25-/m0/s1. The van der Waals surface area contributed by atoms with Gasteiger partial charge in [-0.25, -0.2) is 12.8 Å². The first-order chi connectivity index (χ1) is 17.5. The van der Waals surface area contributed by atoms with Crippen LogP contribution in [0, 0.1) is 12.7 Å². The van der Waals surface area contributed by atoms with Crippen molar-refractivity contribution in [3.63, 3.8) is 0 Å². The molecule has 0 radical (unpaired) electrons. The minimum atomic E-state index is -3.81. The summed E-state index contributed by atoms with van der Waals surface area (Å²) in [5.41, 5.74) is 1.82. The Morgan fingerprint density at radius 3 is 2.32 bits per heavy atom. The Labute approximate surface area is 227 Å². The van der Waals surface area contributed by atoms with E-state index in [1.54, 1.807) is 30.3 Å². The number of halogens is 2. The third-order valence-electron chi connectivity index (χ3n) is 6.71. The minimum Gasteiger partial charge on any atom is -0.352 e. The molecule has 7 nitrogen and oxygen atoms in total. The Balaban J connectivity index is 1.92. The fourth-order valence-electron chi connectivity index (χ4n) is 4.65. The highest BCUT2D eigenvalue weighted by Crippen LogP contribution is 2.25. The Morgan fingerprint density at radius 2 is 1.76 bits per heavy atom. The summed E-state index contributed by atoms with van der Waals surface area (Å²) in [4.78, 5) is 28.5. The smallest absolute Gasteiger partial charge is 0.244 e. The van der Waals surface area contributed by atoms with Crippen LogP contribution >= 0.6 is 15.9 Å². The van der Waals surface area contributed by atoms with Crippen molar-refractivity contribution in [2.45, 2.75) is 71.0 Å². The molecule has 2 aromatic carbocycles. The molecule has 0 bridgehead atoms. The van der Waals surface area contributed by atoms with Crippen molar-refractivity contribution in [1.82, 2.24) is 10.2 Å². The van der Waals surface area contributed by atoms with Gasteiger partial charge in [-0.3, -0.25) is 13.9 Å². The van der Waals surface area contributed by atoms with Crippen molar-refractivity contribution in [2.24, 2.45) is 0 Å². The van der Waals surface area contributed by atoms with E-state index in [0.29, 0.717) is 17.7 Å². The van der Waals surface area contributed by atoms with E-state index >= 15 is 0 Å². The van der Waals surface area contributed by atoms with Gasteiger partial charge in [0.05, 0.1) is 11.9 Å². The van der Waals surface area contributed by atoms with Crippen LogP contribution in [-0.2, 0) is 26.2 Å². The van der Waals surface area contributed by atoms with Crippen LogP contribution in [0.4, 0.5) is 10.1 Å². The Bertz CT molecular complexity index is 1200. The van der Waals surface area contributed by atoms with Gasteiger partial charge < -0.3 is 10.2 Å². The van der Waals surface area contributed by atoms with Crippen LogP contribution in [0.15, 0.2) is 46.9 Å². The van der Waals surface area contributed by atoms with Gasteiger partial charge in [-0.2, -0.15) is 0 Å². The van der Waals surface area contributed by atoms with Crippen LogP contribution in [0.5, 0.6) is 0 Å². The fraction of sp³-hybridized carbons (Fsp3) is 0.481. The molecule has 2 aromatic rings. The Hall–Kier alpha value is -2.46. The summed E-state index contributed by atoms with van der Waals surface area (Å²) in [6.45, 7) is 3.24. The van der Waals surface area contributed by atoms with Crippen molar-refractivity contribution in [3.05, 3.63) is 63.9 Å². The third-order valence-corrected chi connectivity index (χ3v) is 8.74. The van der Waals surface area contributed by atoms with E-state index < -0.39 is 34.3 Å². The number of nitrogens with one attached hydrogen (secondary N) is 1. The topological polar surface area (TPSA) is 86.8 Å². The van der Waals surface area contributed by atoms with Crippen molar-refractivity contribution < 1.29 is 22.4 Å². The zero-order chi connectivity index (χ0) is 27.2. The number of carbonyl (C=O) groups excluding carboxylic acids is 2. The van der Waals surface area contributed by atoms with Crippen molar-refractivity contribution >= 4 is 43.5 Å². The van der Waals surface area contributed by atoms with E-state index in [-0.39, 0.29) is 18.5 Å². The molecule has 0 aliphatic heterocycles. The summed E-state index contributed by atoms with van der Waals surface area (Å²) in [5, 5.41) is 3.10. The highest BCUT2D eigenvalue weighted by atomic mass is 79.9. The van der Waals surface area contributed by atoms with E-state index in [4.69, 9.17) is 0 Å². The molecule has 1 saturated carbocycles. The van der Waals surface area contributed by atoms with E-state index in [2.05, 4.69) is 21.2 Å². The summed E-state index contributed by atoms with van der Waals surface area (Å²) >= 11 is 3.42. The number of aryl methyl sites for hydroxylation is 1. The van der Waals surface area contributed by atoms with E-state index in [1.165, 1.54) is 17.0 Å². The SMILES string of the molecule is CC[C@@H](C(=O)NC1CCCCC1)N(Cc1ccc(F)cc1)C(=O)CN(c1ccc(Br)c(C)c1)S(C)(=O)=O. The lowest BCUT2D eigenvalue weighted by atomic mass is 9.95. The average Bonchev–Trinajstić information content (AvgIpc) is 2.85. The van der Waals surface area contributed by atoms with Crippen LogP contribution in [0.1, 0.15) is 56.6 Å². The highest BCUT2D eigenvalue weighted by molar-refractivity contribution is 9.10. The predicted octanol–water partition coefficient (Wildman–Crippen LogP) is 4.92. The van der Waals surface area contributed by atoms with Crippen molar-refractivity contribution in [1.29, 1.82) is 0 Å². The molecule has 0 heterocycles. The van der Waals surface area contributed by atoms with Crippen LogP contribution in [0.2, 0.25) is 0 Å². The lowest BCUT2D eigenvalue weighted by Crippen LogP contribution is -2.53. The molecule has 37 heavy (non-hydrogen) atoms. The summed E-state index contributed by atoms with van der Waals surface area (Å²) < 4.78 is 40.9. The molecule has 1 aliphatic rings. The lowest BCUT2D eigenvalue weighted by molar-refractivity contribution is -0.140. The van der Waals surface area contributed by atoms with Crippen molar-refractivity contribution in [2.75, 3.05) is 17.1 Å². The number of amides is 2. The molecule has 3 rings (SSSR count). The summed E-state index contributed by atoms with van der Waals surface area (Å²) in [5.74, 6) is -1.17. The monoisotopic (exact) mass is 595 g/mol. The largest absolute Gasteiger partial charge is 0.352 e. The van der Waals surface area contributed by atoms with Gasteiger partial charge in [0.1, 0.15) is 18.4 Å². The zero-order valence-electron chi connectivity index (χ0n) is 21.5. The second kappa shape index (κ2) is 12.9. The van der Waals surface area contributed by atoms with E-state index in [0.717, 1.165) is 52.7 Å². The number of nitrogens with zero attached hydrogens (tertiary/aromatic N) is 2. The van der Waals surface area contributed by atoms with Crippen molar-refractivity contribution in [3.8, 4) is 0 Å². The number of carbonyl (C=O) groups is 2. The van der Waals surface area contributed by atoms with Gasteiger partial charge in [0.2, 0.25) is 21.8 Å². The summed E-state index contributed by atoms with van der Waals surface area (Å²) in [6, 6.07) is 10.0. The molecule has 0 spiro atoms. The molecular weight excluding hydrogens is 561 g/mol. The van der Waals surface area contributed by atoms with Gasteiger partial charge in [-0.15, -0.1) is 0 Å². The minimum absolute atomic E-state index is 0.0483. The number of anilines is 1. The van der Waals surface area contributed by atoms with Crippen LogP contribution in [0.3, 0.4) is 0 Å². The predicted molar refractivity (Wildman–Crippen MR) is 147 cm³/mol. The Kier molecular flexibility index (Phi) is 10.1. The van der Waals surface area contributed by atoms with Gasteiger partial charge in [0, 0.05) is 17.1 Å². The third kappa shape index (κ3) is 8.01. The van der Waals surface area contributed by atoms with Gasteiger partial charge in [0.15, 0.2) is 0 Å². The number of rotatable bonds is 10. The maximum atomic E-state index is 13.8. The van der Waals surface area contributed by atoms with Crippen LogP contribution < -0.4 is 9.62 Å². The van der Waals surface area contributed by atoms with Gasteiger partial charge >= 0.3 is 0 Å². The molecule has 0 saturated heterocycles. The fourth-order valence-corrected chi connectivity index (χ4v) is 5.74. The molecule has 10 heteroatoms. The molecule has 202 valence electrons. The quantitative estimate of drug-likeness (QED) is 0.422. The number of benzene rings is 2. The molecule has 1 atom stereocenters. The highest BCUT2D eigenvalue weighted by Gasteiger charge is 2.33. The van der Waals surface area contributed by atoms with Gasteiger partial charge in [-0.1, -0.05) is 54.2 Å². The number of hydrogen-bond acceptors (Lipinski definition) is 4. The first-order valence-corrected chi connectivity index (χ1v) is 15.2.